The maximum atomic E-state index is 13.1. The Hall–Kier alpha value is -1.24. The van der Waals surface area contributed by atoms with Crippen LogP contribution in [0.1, 0.15) is 31.6 Å². The summed E-state index contributed by atoms with van der Waals surface area (Å²) in [5, 5.41) is 0. The van der Waals surface area contributed by atoms with Gasteiger partial charge in [0.05, 0.1) is 23.2 Å². The number of benzene rings is 1. The van der Waals surface area contributed by atoms with E-state index >= 15 is 0 Å². The van der Waals surface area contributed by atoms with Crippen molar-refractivity contribution in [3.8, 4) is 16.9 Å². The molecule has 2 aromatic rings. The summed E-state index contributed by atoms with van der Waals surface area (Å²) in [6, 6.07) is 5.94. The average molecular weight is 364 g/mol. The van der Waals surface area contributed by atoms with Gasteiger partial charge in [-0.3, -0.25) is 9.69 Å². The molecule has 4 rings (SSSR count). The minimum atomic E-state index is -0.408. The van der Waals surface area contributed by atoms with Crippen LogP contribution in [0, 0.1) is 9.74 Å². The number of ether oxygens (including phenoxy) is 1. The van der Waals surface area contributed by atoms with E-state index in [-0.39, 0.29) is 11.8 Å². The summed E-state index contributed by atoms with van der Waals surface area (Å²) in [5.41, 5.74) is 2.60. The summed E-state index contributed by atoms with van der Waals surface area (Å²) in [4.78, 5) is 16.2. The third kappa shape index (κ3) is 2.12. The third-order valence-corrected chi connectivity index (χ3v) is 7.94. The molecule has 6 heteroatoms. The predicted molar refractivity (Wildman–Crippen MR) is 98.3 cm³/mol. The second kappa shape index (κ2) is 5.13. The van der Waals surface area contributed by atoms with E-state index in [1.165, 1.54) is 4.88 Å². The highest BCUT2D eigenvalue weighted by atomic mass is 32.9. The number of methoxy groups -OCH3 is 1. The second-order valence-corrected chi connectivity index (χ2v) is 9.34. The summed E-state index contributed by atoms with van der Waals surface area (Å²) in [6.07, 6.45) is 1.98. The molecule has 1 aromatic heterocycles. The van der Waals surface area contributed by atoms with Gasteiger partial charge < -0.3 is 4.74 Å². The molecule has 0 radical (unpaired) electrons. The first-order valence-electron chi connectivity index (χ1n) is 7.62. The van der Waals surface area contributed by atoms with Crippen LogP contribution in [0.25, 0.3) is 11.1 Å². The first-order chi connectivity index (χ1) is 11.0. The quantitative estimate of drug-likeness (QED) is 0.542. The Bertz CT molecular complexity index is 861. The molecule has 1 aromatic carbocycles. The molecule has 0 atom stereocenters. The number of carbonyl (C=O) groups is 1. The van der Waals surface area contributed by atoms with Gasteiger partial charge in [-0.1, -0.05) is 45.0 Å². The normalized spacial score (nSPS) is 18.3. The fourth-order valence-corrected chi connectivity index (χ4v) is 6.58. The molecule has 23 heavy (non-hydrogen) atoms. The summed E-state index contributed by atoms with van der Waals surface area (Å²) < 4.78 is 6.49. The zero-order chi connectivity index (χ0) is 16.4. The Morgan fingerprint density at radius 1 is 1.35 bits per heavy atom. The summed E-state index contributed by atoms with van der Waals surface area (Å²) >= 11 is 5.58. The predicted octanol–water partition coefficient (Wildman–Crippen LogP) is 5.21. The molecule has 1 saturated carbocycles. The van der Waals surface area contributed by atoms with Crippen LogP contribution in [0.5, 0.6) is 5.75 Å². The Labute approximate surface area is 147 Å². The van der Waals surface area contributed by atoms with Crippen molar-refractivity contribution in [1.82, 2.24) is 0 Å². The molecule has 0 saturated heterocycles. The maximum Gasteiger partial charge on any atom is 0.231 e. The fraction of sp³-hybridized carbons (Fsp3) is 0.412. The van der Waals surface area contributed by atoms with Crippen LogP contribution in [-0.4, -0.2) is 13.0 Å². The van der Waals surface area contributed by atoms with Crippen molar-refractivity contribution in [3.63, 3.8) is 0 Å². The molecule has 3 nitrogen and oxygen atoms in total. The van der Waals surface area contributed by atoms with Gasteiger partial charge in [0.2, 0.25) is 5.91 Å². The topological polar surface area (TPSA) is 29.5 Å². The fourth-order valence-electron chi connectivity index (χ4n) is 3.29. The lowest BCUT2D eigenvalue weighted by molar-refractivity contribution is -0.120. The highest BCUT2D eigenvalue weighted by Crippen LogP contribution is 2.55. The zero-order valence-corrected chi connectivity index (χ0v) is 15.7. The van der Waals surface area contributed by atoms with Crippen molar-refractivity contribution in [2.24, 2.45) is 5.92 Å². The van der Waals surface area contributed by atoms with Gasteiger partial charge in [0.25, 0.3) is 0 Å². The molecular formula is C17H17NO2S3. The highest BCUT2D eigenvalue weighted by Gasteiger charge is 2.47. The molecular weight excluding hydrogens is 346 g/mol. The number of rotatable bonds is 2. The van der Waals surface area contributed by atoms with Crippen molar-refractivity contribution in [1.29, 1.82) is 0 Å². The van der Waals surface area contributed by atoms with Crippen LogP contribution >= 0.6 is 32.9 Å². The highest BCUT2D eigenvalue weighted by molar-refractivity contribution is 7.80. The van der Waals surface area contributed by atoms with Crippen LogP contribution in [0.15, 0.2) is 18.2 Å². The number of nitrogens with zero attached hydrogens (tertiary/aromatic N) is 1. The van der Waals surface area contributed by atoms with Crippen molar-refractivity contribution >= 4 is 44.5 Å². The molecule has 0 unspecified atom stereocenters. The van der Waals surface area contributed by atoms with E-state index in [1.807, 2.05) is 23.1 Å². The number of carbonyl (C=O) groups excluding carboxylic acids is 1. The molecule has 120 valence electrons. The maximum absolute atomic E-state index is 13.1. The SMILES string of the molecule is COc1cccc2c1N(C(=O)C1CC1)C(C)(C)c1ssc(=S)c1-2. The summed E-state index contributed by atoms with van der Waals surface area (Å²) in [7, 11) is 4.96. The lowest BCUT2D eigenvalue weighted by atomic mass is 9.86. The van der Waals surface area contributed by atoms with Gasteiger partial charge in [-0.25, -0.2) is 0 Å². The largest absolute Gasteiger partial charge is 0.495 e. The molecule has 0 spiro atoms. The lowest BCUT2D eigenvalue weighted by Gasteiger charge is -2.43. The molecule has 1 fully saturated rings. The van der Waals surface area contributed by atoms with E-state index in [2.05, 4.69) is 13.8 Å². The van der Waals surface area contributed by atoms with Gasteiger partial charge in [-0.05, 0) is 32.8 Å². The Morgan fingerprint density at radius 3 is 2.74 bits per heavy atom. The molecule has 1 aliphatic carbocycles. The summed E-state index contributed by atoms with van der Waals surface area (Å²) in [5.74, 6) is 1.09. The third-order valence-electron chi connectivity index (χ3n) is 4.61. The smallest absolute Gasteiger partial charge is 0.231 e. The standard InChI is InChI=1S/C17H17NO2S3/c1-17(2)14-12(16(21)23-22-14)10-5-4-6-11(20-3)13(10)18(17)15(19)9-7-8-9/h4-6,9H,7-8H2,1-3H3. The van der Waals surface area contributed by atoms with E-state index in [1.54, 1.807) is 27.8 Å². The zero-order valence-electron chi connectivity index (χ0n) is 13.2. The van der Waals surface area contributed by atoms with Gasteiger partial charge >= 0.3 is 0 Å². The number of amides is 1. The van der Waals surface area contributed by atoms with Gasteiger partial charge in [0, 0.05) is 17.0 Å². The second-order valence-electron chi connectivity index (χ2n) is 6.52. The van der Waals surface area contributed by atoms with Crippen molar-refractivity contribution < 1.29 is 9.53 Å². The van der Waals surface area contributed by atoms with Crippen molar-refractivity contribution in [3.05, 3.63) is 26.9 Å². The van der Waals surface area contributed by atoms with Crippen LogP contribution in [0.3, 0.4) is 0 Å². The minimum Gasteiger partial charge on any atom is -0.495 e. The molecule has 0 bridgehead atoms. The van der Waals surface area contributed by atoms with Crippen LogP contribution in [0.2, 0.25) is 0 Å². The van der Waals surface area contributed by atoms with E-state index in [0.29, 0.717) is 0 Å². The van der Waals surface area contributed by atoms with Gasteiger partial charge in [0.1, 0.15) is 9.57 Å². The van der Waals surface area contributed by atoms with E-state index in [0.717, 1.165) is 39.2 Å². The van der Waals surface area contributed by atoms with Gasteiger partial charge in [-0.15, -0.1) is 0 Å². The monoisotopic (exact) mass is 363 g/mol. The number of para-hydroxylation sites is 1. The van der Waals surface area contributed by atoms with E-state index in [4.69, 9.17) is 17.0 Å². The number of anilines is 1. The van der Waals surface area contributed by atoms with E-state index in [9.17, 15) is 4.79 Å². The van der Waals surface area contributed by atoms with Crippen LogP contribution in [-0.2, 0) is 10.3 Å². The Morgan fingerprint density at radius 2 is 2.09 bits per heavy atom. The first-order valence-corrected chi connectivity index (χ1v) is 10.2. The average Bonchev–Trinajstić information content (AvgIpc) is 3.29. The van der Waals surface area contributed by atoms with Crippen molar-refractivity contribution in [2.45, 2.75) is 32.2 Å². The molecule has 2 heterocycles. The molecule has 0 N–H and O–H groups in total. The number of hydrogen-bond acceptors (Lipinski definition) is 5. The van der Waals surface area contributed by atoms with Gasteiger partial charge in [-0.2, -0.15) is 0 Å². The van der Waals surface area contributed by atoms with E-state index < -0.39 is 5.54 Å². The summed E-state index contributed by atoms with van der Waals surface area (Å²) in [6.45, 7) is 4.22. The molecule has 2 aliphatic rings. The minimum absolute atomic E-state index is 0.153. The van der Waals surface area contributed by atoms with Crippen LogP contribution in [0.4, 0.5) is 5.69 Å². The first kappa shape index (κ1) is 15.3. The molecule has 1 amide bonds. The van der Waals surface area contributed by atoms with Crippen molar-refractivity contribution in [2.75, 3.05) is 12.0 Å². The van der Waals surface area contributed by atoms with Gasteiger partial charge in [0.15, 0.2) is 0 Å². The Kier molecular flexibility index (Phi) is 3.41. The number of fused-ring (bicyclic) bond motifs is 3. The number of hydrogen-bond donors (Lipinski definition) is 0. The molecule has 1 aliphatic heterocycles. The van der Waals surface area contributed by atoms with Crippen LogP contribution < -0.4 is 9.64 Å². The lowest BCUT2D eigenvalue weighted by Crippen LogP contribution is -2.48. The Balaban J connectivity index is 2.06.